The van der Waals surface area contributed by atoms with Crippen LogP contribution in [0.3, 0.4) is 0 Å². The van der Waals surface area contributed by atoms with Crippen molar-refractivity contribution in [2.45, 2.75) is 32.7 Å². The first-order chi connectivity index (χ1) is 8.65. The summed E-state index contributed by atoms with van der Waals surface area (Å²) in [7, 11) is 0. The van der Waals surface area contributed by atoms with Gasteiger partial charge in [0.15, 0.2) is 0 Å². The van der Waals surface area contributed by atoms with Crippen LogP contribution in [0.25, 0.3) is 0 Å². The molecule has 0 radical (unpaired) electrons. The summed E-state index contributed by atoms with van der Waals surface area (Å²) >= 11 is 5.87. The molecule has 3 nitrogen and oxygen atoms in total. The van der Waals surface area contributed by atoms with Crippen molar-refractivity contribution in [3.8, 4) is 0 Å². The lowest BCUT2D eigenvalue weighted by molar-refractivity contribution is 0.378. The molecule has 2 heterocycles. The van der Waals surface area contributed by atoms with E-state index in [0.29, 0.717) is 11.1 Å². The second-order valence-corrected chi connectivity index (χ2v) is 5.79. The van der Waals surface area contributed by atoms with Crippen LogP contribution < -0.4 is 10.2 Å². The van der Waals surface area contributed by atoms with Crippen LogP contribution in [0.5, 0.6) is 0 Å². The Labute approximate surface area is 115 Å². The summed E-state index contributed by atoms with van der Waals surface area (Å²) < 4.78 is 0. The molecule has 4 heteroatoms. The highest BCUT2D eigenvalue weighted by Gasteiger charge is 2.20. The molecule has 0 aliphatic carbocycles. The van der Waals surface area contributed by atoms with Crippen LogP contribution in [0.4, 0.5) is 5.82 Å². The van der Waals surface area contributed by atoms with E-state index in [0.717, 1.165) is 31.4 Å². The van der Waals surface area contributed by atoms with Crippen LogP contribution in [0.2, 0.25) is 5.02 Å². The summed E-state index contributed by atoms with van der Waals surface area (Å²) in [4.78, 5) is 6.77. The number of hydrogen-bond donors (Lipinski definition) is 1. The summed E-state index contributed by atoms with van der Waals surface area (Å²) in [6, 6.07) is 4.49. The van der Waals surface area contributed by atoms with Crippen molar-refractivity contribution in [2.24, 2.45) is 5.92 Å². The van der Waals surface area contributed by atoms with Crippen molar-refractivity contribution >= 4 is 17.4 Å². The third kappa shape index (κ3) is 3.85. The van der Waals surface area contributed by atoms with Crippen molar-refractivity contribution in [3.63, 3.8) is 0 Å². The van der Waals surface area contributed by atoms with E-state index in [2.05, 4.69) is 29.0 Å². The molecule has 1 aromatic heterocycles. The van der Waals surface area contributed by atoms with Gasteiger partial charge in [-0.15, -0.1) is 0 Å². The van der Waals surface area contributed by atoms with E-state index in [1.54, 1.807) is 6.20 Å². The highest BCUT2D eigenvalue weighted by Crippen LogP contribution is 2.22. The van der Waals surface area contributed by atoms with E-state index in [1.807, 2.05) is 12.1 Å². The van der Waals surface area contributed by atoms with E-state index in [9.17, 15) is 0 Å². The standard InChI is InChI=1S/C14H22ClN3/c1-11(2)16-8-12-4-3-7-18(10-12)14-6-5-13(15)9-17-14/h5-6,9,11-12,16H,3-4,7-8,10H2,1-2H3. The van der Waals surface area contributed by atoms with Crippen LogP contribution in [0.15, 0.2) is 18.3 Å². The molecule has 1 aliphatic rings. The Morgan fingerprint density at radius 3 is 3.00 bits per heavy atom. The van der Waals surface area contributed by atoms with E-state index >= 15 is 0 Å². The van der Waals surface area contributed by atoms with Crippen LogP contribution in [0, 0.1) is 5.92 Å². The molecule has 0 spiro atoms. The predicted octanol–water partition coefficient (Wildman–Crippen LogP) is 2.95. The van der Waals surface area contributed by atoms with Gasteiger partial charge in [0.2, 0.25) is 0 Å². The van der Waals surface area contributed by atoms with Crippen molar-refractivity contribution < 1.29 is 0 Å². The van der Waals surface area contributed by atoms with Gasteiger partial charge in [-0.1, -0.05) is 25.4 Å². The second-order valence-electron chi connectivity index (χ2n) is 5.35. The zero-order valence-electron chi connectivity index (χ0n) is 11.2. The summed E-state index contributed by atoms with van der Waals surface area (Å²) in [6.45, 7) is 7.69. The van der Waals surface area contributed by atoms with Crippen LogP contribution in [0.1, 0.15) is 26.7 Å². The third-order valence-electron chi connectivity index (χ3n) is 3.37. The van der Waals surface area contributed by atoms with Gasteiger partial charge in [-0.3, -0.25) is 0 Å². The largest absolute Gasteiger partial charge is 0.356 e. The molecule has 100 valence electrons. The molecule has 0 amide bonds. The van der Waals surface area contributed by atoms with Crippen molar-refractivity contribution in [2.75, 3.05) is 24.5 Å². The minimum Gasteiger partial charge on any atom is -0.356 e. The van der Waals surface area contributed by atoms with E-state index in [-0.39, 0.29) is 0 Å². The fourth-order valence-corrected chi connectivity index (χ4v) is 2.51. The van der Waals surface area contributed by atoms with Gasteiger partial charge in [0, 0.05) is 25.3 Å². The van der Waals surface area contributed by atoms with Gasteiger partial charge in [-0.25, -0.2) is 4.98 Å². The Hall–Kier alpha value is -0.800. The molecule has 1 N–H and O–H groups in total. The maximum absolute atomic E-state index is 5.87. The SMILES string of the molecule is CC(C)NCC1CCCN(c2ccc(Cl)cn2)C1. The normalized spacial score (nSPS) is 20.4. The summed E-state index contributed by atoms with van der Waals surface area (Å²) in [5.41, 5.74) is 0. The second kappa shape index (κ2) is 6.39. The van der Waals surface area contributed by atoms with Crippen molar-refractivity contribution in [1.82, 2.24) is 10.3 Å². The monoisotopic (exact) mass is 267 g/mol. The first-order valence-electron chi connectivity index (χ1n) is 6.75. The summed E-state index contributed by atoms with van der Waals surface area (Å²) in [5, 5.41) is 4.23. The zero-order valence-corrected chi connectivity index (χ0v) is 12.0. The lowest BCUT2D eigenvalue weighted by Gasteiger charge is -2.34. The molecule has 1 atom stereocenters. The molecule has 1 aromatic rings. The van der Waals surface area contributed by atoms with E-state index < -0.39 is 0 Å². The summed E-state index contributed by atoms with van der Waals surface area (Å²) in [6.07, 6.45) is 4.28. The number of nitrogens with zero attached hydrogens (tertiary/aromatic N) is 2. The smallest absolute Gasteiger partial charge is 0.128 e. The number of piperidine rings is 1. The minimum atomic E-state index is 0.564. The molecule has 1 aliphatic heterocycles. The van der Waals surface area contributed by atoms with Crippen LogP contribution in [-0.4, -0.2) is 30.7 Å². The average molecular weight is 268 g/mol. The quantitative estimate of drug-likeness (QED) is 0.909. The van der Waals surface area contributed by atoms with Gasteiger partial charge < -0.3 is 10.2 Å². The maximum atomic E-state index is 5.87. The molecule has 1 unspecified atom stereocenters. The lowest BCUT2D eigenvalue weighted by Crippen LogP contribution is -2.41. The van der Waals surface area contributed by atoms with Gasteiger partial charge in [-0.2, -0.15) is 0 Å². The molecule has 1 saturated heterocycles. The Balaban J connectivity index is 1.91. The molecular formula is C14H22ClN3. The third-order valence-corrected chi connectivity index (χ3v) is 3.59. The molecular weight excluding hydrogens is 246 g/mol. The number of halogens is 1. The van der Waals surface area contributed by atoms with Crippen LogP contribution in [-0.2, 0) is 0 Å². The van der Waals surface area contributed by atoms with Crippen molar-refractivity contribution in [1.29, 1.82) is 0 Å². The van der Waals surface area contributed by atoms with E-state index in [4.69, 9.17) is 11.6 Å². The number of anilines is 1. The number of aromatic nitrogens is 1. The topological polar surface area (TPSA) is 28.2 Å². The van der Waals surface area contributed by atoms with Gasteiger partial charge in [0.05, 0.1) is 5.02 Å². The number of rotatable bonds is 4. The average Bonchev–Trinajstić information content (AvgIpc) is 2.37. The van der Waals surface area contributed by atoms with Crippen LogP contribution >= 0.6 is 11.6 Å². The molecule has 2 rings (SSSR count). The van der Waals surface area contributed by atoms with Gasteiger partial charge in [0.25, 0.3) is 0 Å². The molecule has 18 heavy (non-hydrogen) atoms. The molecule has 0 aromatic carbocycles. The number of pyridine rings is 1. The van der Waals surface area contributed by atoms with Crippen molar-refractivity contribution in [3.05, 3.63) is 23.4 Å². The first kappa shape index (κ1) is 13.6. The fourth-order valence-electron chi connectivity index (χ4n) is 2.40. The molecule has 0 bridgehead atoms. The Bertz CT molecular complexity index is 364. The Morgan fingerprint density at radius 1 is 1.50 bits per heavy atom. The van der Waals surface area contributed by atoms with Gasteiger partial charge >= 0.3 is 0 Å². The minimum absolute atomic E-state index is 0.564. The van der Waals surface area contributed by atoms with E-state index in [1.165, 1.54) is 12.8 Å². The summed E-state index contributed by atoms with van der Waals surface area (Å²) in [5.74, 6) is 1.77. The first-order valence-corrected chi connectivity index (χ1v) is 7.13. The maximum Gasteiger partial charge on any atom is 0.128 e. The zero-order chi connectivity index (χ0) is 13.0. The fraction of sp³-hybridized carbons (Fsp3) is 0.643. The Morgan fingerprint density at radius 2 is 2.33 bits per heavy atom. The van der Waals surface area contributed by atoms with Gasteiger partial charge in [0.1, 0.15) is 5.82 Å². The highest BCUT2D eigenvalue weighted by atomic mass is 35.5. The lowest BCUT2D eigenvalue weighted by atomic mass is 9.97. The number of nitrogens with one attached hydrogen (secondary N) is 1. The van der Waals surface area contributed by atoms with Gasteiger partial charge in [-0.05, 0) is 37.4 Å². The number of hydrogen-bond acceptors (Lipinski definition) is 3. The highest BCUT2D eigenvalue weighted by molar-refractivity contribution is 6.30. The predicted molar refractivity (Wildman–Crippen MR) is 77.3 cm³/mol. The Kier molecular flexibility index (Phi) is 4.84. The molecule has 0 saturated carbocycles. The molecule has 1 fully saturated rings.